The van der Waals surface area contributed by atoms with Crippen molar-refractivity contribution < 1.29 is 23.8 Å². The Morgan fingerprint density at radius 1 is 0.613 bits per heavy atom. The summed E-state index contributed by atoms with van der Waals surface area (Å²) in [4.78, 5) is 26.5. The van der Waals surface area contributed by atoms with E-state index in [0.717, 1.165) is 22.3 Å². The summed E-state index contributed by atoms with van der Waals surface area (Å²) < 4.78 is 17.2. The van der Waals surface area contributed by atoms with E-state index in [1.165, 1.54) is 14.2 Å². The maximum Gasteiger partial charge on any atom is 0.338 e. The fourth-order valence-corrected chi connectivity index (χ4v) is 4.92. The molecule has 0 N–H and O–H groups in total. The van der Waals surface area contributed by atoms with Crippen molar-refractivity contribution in [2.45, 2.75) is 11.2 Å². The highest BCUT2D eigenvalue weighted by molar-refractivity contribution is 6.07. The van der Waals surface area contributed by atoms with E-state index in [2.05, 4.69) is 0 Å². The second kappa shape index (κ2) is 6.93. The molecule has 31 heavy (non-hydrogen) atoms. The van der Waals surface area contributed by atoms with E-state index in [0.29, 0.717) is 0 Å². The summed E-state index contributed by atoms with van der Waals surface area (Å²) >= 11 is 0. The van der Waals surface area contributed by atoms with Gasteiger partial charge in [0.1, 0.15) is 0 Å². The molecule has 5 rings (SSSR count). The molecule has 0 amide bonds. The zero-order valence-corrected chi connectivity index (χ0v) is 17.1. The third kappa shape index (κ3) is 2.35. The van der Waals surface area contributed by atoms with Gasteiger partial charge in [-0.2, -0.15) is 0 Å². The molecule has 2 aliphatic heterocycles. The molecule has 2 aliphatic rings. The third-order valence-corrected chi connectivity index (χ3v) is 6.09. The van der Waals surface area contributed by atoms with Gasteiger partial charge in [-0.15, -0.1) is 0 Å². The van der Waals surface area contributed by atoms with Crippen LogP contribution < -0.4 is 0 Å². The number of ether oxygens (including phenoxy) is 3. The van der Waals surface area contributed by atoms with E-state index in [1.807, 2.05) is 84.9 Å². The minimum absolute atomic E-state index is 0.149. The van der Waals surface area contributed by atoms with Crippen LogP contribution in [0.2, 0.25) is 0 Å². The fraction of sp³-hybridized carbons (Fsp3) is 0.154. The Morgan fingerprint density at radius 3 is 1.32 bits per heavy atom. The largest absolute Gasteiger partial charge is 0.466 e. The summed E-state index contributed by atoms with van der Waals surface area (Å²) in [6, 6.07) is 26.5. The molecular formula is C26H20O5. The van der Waals surface area contributed by atoms with E-state index < -0.39 is 23.1 Å². The zero-order valence-electron chi connectivity index (χ0n) is 17.1. The van der Waals surface area contributed by atoms with E-state index in [9.17, 15) is 9.59 Å². The Kier molecular flexibility index (Phi) is 4.31. The highest BCUT2D eigenvalue weighted by Gasteiger charge is 2.69. The van der Waals surface area contributed by atoms with E-state index in [4.69, 9.17) is 14.2 Å². The van der Waals surface area contributed by atoms with Gasteiger partial charge in [0.15, 0.2) is 11.2 Å². The van der Waals surface area contributed by atoms with Crippen molar-refractivity contribution in [2.24, 2.45) is 0 Å². The SMILES string of the molecule is COC(=O)C1=C(C(=O)OC)C2(c3ccccc3)OC1(c1ccccc1)c1ccccc12. The van der Waals surface area contributed by atoms with Crippen LogP contribution in [0.25, 0.3) is 0 Å². The van der Waals surface area contributed by atoms with Gasteiger partial charge in [-0.05, 0) is 22.3 Å². The van der Waals surface area contributed by atoms with Gasteiger partial charge in [-0.1, -0.05) is 84.9 Å². The van der Waals surface area contributed by atoms with Gasteiger partial charge >= 0.3 is 11.9 Å². The number of carbonyl (C=O) groups is 2. The maximum atomic E-state index is 13.2. The van der Waals surface area contributed by atoms with Crippen LogP contribution in [-0.2, 0) is 35.0 Å². The summed E-state index contributed by atoms with van der Waals surface area (Å²) in [7, 11) is 2.60. The predicted molar refractivity (Wildman–Crippen MR) is 113 cm³/mol. The highest BCUT2D eigenvalue weighted by atomic mass is 16.6. The van der Waals surface area contributed by atoms with Crippen LogP contribution in [0.15, 0.2) is 96.1 Å². The van der Waals surface area contributed by atoms with E-state index >= 15 is 0 Å². The van der Waals surface area contributed by atoms with Crippen molar-refractivity contribution in [2.75, 3.05) is 14.2 Å². The molecule has 0 saturated carbocycles. The number of benzene rings is 3. The number of carbonyl (C=O) groups excluding carboxylic acids is 2. The molecular weight excluding hydrogens is 392 g/mol. The average molecular weight is 412 g/mol. The lowest BCUT2D eigenvalue weighted by Crippen LogP contribution is -2.35. The van der Waals surface area contributed by atoms with Gasteiger partial charge in [-0.25, -0.2) is 9.59 Å². The first kappa shape index (κ1) is 19.3. The summed E-state index contributed by atoms with van der Waals surface area (Å²) in [6.45, 7) is 0. The monoisotopic (exact) mass is 412 g/mol. The minimum Gasteiger partial charge on any atom is -0.466 e. The quantitative estimate of drug-likeness (QED) is 0.609. The lowest BCUT2D eigenvalue weighted by molar-refractivity contribution is -0.139. The Bertz CT molecular complexity index is 1120. The zero-order chi connectivity index (χ0) is 21.6. The third-order valence-electron chi connectivity index (χ3n) is 6.09. The number of fused-ring (bicyclic) bond motifs is 5. The van der Waals surface area contributed by atoms with Crippen LogP contribution in [-0.4, -0.2) is 26.2 Å². The molecule has 154 valence electrons. The smallest absolute Gasteiger partial charge is 0.338 e. The molecule has 2 unspecified atom stereocenters. The lowest BCUT2D eigenvalue weighted by Gasteiger charge is -2.30. The molecule has 2 bridgehead atoms. The Labute approximate surface area is 179 Å². The molecule has 0 fully saturated rings. The molecule has 0 spiro atoms. The van der Waals surface area contributed by atoms with Gasteiger partial charge in [0, 0.05) is 0 Å². The average Bonchev–Trinajstić information content (AvgIpc) is 3.34. The standard InChI is InChI=1S/C26H20O5/c1-29-23(27)21-22(24(28)30-2)26(18-13-7-4-8-14-18)20-16-10-9-15-19(20)25(21,31-26)17-11-5-3-6-12-17/h3-16H,1-2H3. The number of hydrogen-bond donors (Lipinski definition) is 0. The number of esters is 2. The molecule has 2 atom stereocenters. The van der Waals surface area contributed by atoms with Crippen molar-refractivity contribution in [3.05, 3.63) is 118 Å². The van der Waals surface area contributed by atoms with Gasteiger partial charge < -0.3 is 14.2 Å². The van der Waals surface area contributed by atoms with Gasteiger partial charge in [0.25, 0.3) is 0 Å². The normalized spacial score (nSPS) is 23.4. The minimum atomic E-state index is -1.30. The lowest BCUT2D eigenvalue weighted by atomic mass is 9.68. The first-order valence-corrected chi connectivity index (χ1v) is 9.94. The van der Waals surface area contributed by atoms with Crippen molar-refractivity contribution in [1.29, 1.82) is 0 Å². The molecule has 3 aromatic carbocycles. The van der Waals surface area contributed by atoms with Crippen molar-refractivity contribution in [3.63, 3.8) is 0 Å². The Balaban J connectivity index is 1.98. The van der Waals surface area contributed by atoms with Crippen LogP contribution in [0.5, 0.6) is 0 Å². The van der Waals surface area contributed by atoms with Gasteiger partial charge in [0.05, 0.1) is 25.4 Å². The highest BCUT2D eigenvalue weighted by Crippen LogP contribution is 2.66. The number of rotatable bonds is 4. The maximum absolute atomic E-state index is 13.2. The van der Waals surface area contributed by atoms with Crippen LogP contribution in [0.1, 0.15) is 22.3 Å². The Hall–Kier alpha value is -3.70. The van der Waals surface area contributed by atoms with Crippen molar-refractivity contribution >= 4 is 11.9 Å². The summed E-state index contributed by atoms with van der Waals surface area (Å²) in [6.07, 6.45) is 0. The van der Waals surface area contributed by atoms with Crippen molar-refractivity contribution in [1.82, 2.24) is 0 Å². The van der Waals surface area contributed by atoms with Crippen molar-refractivity contribution in [3.8, 4) is 0 Å². The van der Waals surface area contributed by atoms with Crippen LogP contribution in [0, 0.1) is 0 Å². The van der Waals surface area contributed by atoms with Crippen LogP contribution in [0.3, 0.4) is 0 Å². The summed E-state index contributed by atoms with van der Waals surface area (Å²) in [5.74, 6) is -1.26. The number of hydrogen-bond acceptors (Lipinski definition) is 5. The summed E-state index contributed by atoms with van der Waals surface area (Å²) in [5.41, 5.74) is 0.774. The van der Waals surface area contributed by atoms with Crippen LogP contribution >= 0.6 is 0 Å². The molecule has 2 heterocycles. The Morgan fingerprint density at radius 2 is 0.968 bits per heavy atom. The fourth-order valence-electron chi connectivity index (χ4n) is 4.92. The van der Waals surface area contributed by atoms with Crippen LogP contribution in [0.4, 0.5) is 0 Å². The van der Waals surface area contributed by atoms with E-state index in [1.54, 1.807) is 0 Å². The molecule has 0 radical (unpaired) electrons. The number of methoxy groups -OCH3 is 2. The summed E-state index contributed by atoms with van der Waals surface area (Å²) in [5, 5.41) is 0. The van der Waals surface area contributed by atoms with Gasteiger partial charge in [0.2, 0.25) is 0 Å². The molecule has 0 aliphatic carbocycles. The molecule has 3 aromatic rings. The van der Waals surface area contributed by atoms with Gasteiger partial charge in [-0.3, -0.25) is 0 Å². The molecule has 5 heteroatoms. The second-order valence-corrected chi connectivity index (χ2v) is 7.48. The first-order chi connectivity index (χ1) is 15.1. The first-order valence-electron chi connectivity index (χ1n) is 9.94. The molecule has 5 nitrogen and oxygen atoms in total. The molecule has 0 saturated heterocycles. The molecule has 0 aromatic heterocycles. The van der Waals surface area contributed by atoms with E-state index in [-0.39, 0.29) is 11.1 Å². The predicted octanol–water partition coefficient (Wildman–Crippen LogP) is 3.86. The topological polar surface area (TPSA) is 61.8 Å². The second-order valence-electron chi connectivity index (χ2n) is 7.48.